The van der Waals surface area contributed by atoms with Crippen molar-refractivity contribution >= 4 is 28.7 Å². The Morgan fingerprint density at radius 3 is 2.53 bits per heavy atom. The van der Waals surface area contributed by atoms with E-state index < -0.39 is 29.6 Å². The maximum atomic E-state index is 12.7. The number of fused-ring (bicyclic) bond motifs is 1. The van der Waals surface area contributed by atoms with Crippen LogP contribution in [0.2, 0.25) is 0 Å². The van der Waals surface area contributed by atoms with Gasteiger partial charge in [0.1, 0.15) is 11.6 Å². The SMILES string of the molecule is COC(=O)C(CNC(=O)OC(C)(C)C)NC(=O)Cc1cncn1Cc1ccc2ccccc2c1. The molecule has 1 heterocycles. The fourth-order valence-electron chi connectivity index (χ4n) is 3.42. The molecular formula is C25H30N4O5. The number of ether oxygens (including phenoxy) is 2. The third-order valence-corrected chi connectivity index (χ3v) is 4.98. The van der Waals surface area contributed by atoms with Crippen LogP contribution in [0, 0.1) is 0 Å². The maximum absolute atomic E-state index is 12.7. The van der Waals surface area contributed by atoms with Crippen molar-refractivity contribution in [3.8, 4) is 0 Å². The first-order valence-corrected chi connectivity index (χ1v) is 11.0. The summed E-state index contributed by atoms with van der Waals surface area (Å²) in [5.74, 6) is -1.07. The number of nitrogens with one attached hydrogen (secondary N) is 2. The van der Waals surface area contributed by atoms with Gasteiger partial charge in [-0.2, -0.15) is 0 Å². The number of hydrogen-bond donors (Lipinski definition) is 2. The minimum absolute atomic E-state index is 0.00745. The number of imidazole rings is 1. The van der Waals surface area contributed by atoms with Crippen molar-refractivity contribution in [2.24, 2.45) is 0 Å². The first kappa shape index (κ1) is 24.8. The minimum Gasteiger partial charge on any atom is -0.467 e. The molecule has 180 valence electrons. The summed E-state index contributed by atoms with van der Waals surface area (Å²) >= 11 is 0. The van der Waals surface area contributed by atoms with Crippen LogP contribution >= 0.6 is 0 Å². The summed E-state index contributed by atoms with van der Waals surface area (Å²) in [7, 11) is 1.22. The molecule has 0 bridgehead atoms. The number of hydrogen-bond acceptors (Lipinski definition) is 6. The number of nitrogens with zero attached hydrogens (tertiary/aromatic N) is 2. The van der Waals surface area contributed by atoms with Gasteiger partial charge in [-0.15, -0.1) is 0 Å². The van der Waals surface area contributed by atoms with Gasteiger partial charge >= 0.3 is 12.1 Å². The molecule has 2 N–H and O–H groups in total. The second-order valence-electron chi connectivity index (χ2n) is 8.90. The van der Waals surface area contributed by atoms with E-state index in [1.807, 2.05) is 22.8 Å². The molecule has 0 saturated carbocycles. The summed E-state index contributed by atoms with van der Waals surface area (Å²) in [4.78, 5) is 40.9. The van der Waals surface area contributed by atoms with E-state index in [0.29, 0.717) is 12.2 Å². The molecule has 0 aliphatic carbocycles. The number of alkyl carbamates (subject to hydrolysis) is 1. The Labute approximate surface area is 198 Å². The predicted octanol–water partition coefficient (Wildman–Crippen LogP) is 2.81. The van der Waals surface area contributed by atoms with E-state index in [1.165, 1.54) is 7.11 Å². The van der Waals surface area contributed by atoms with Crippen LogP contribution in [0.15, 0.2) is 55.0 Å². The highest BCUT2D eigenvalue weighted by atomic mass is 16.6. The number of carbonyl (C=O) groups excluding carboxylic acids is 3. The monoisotopic (exact) mass is 466 g/mol. The van der Waals surface area contributed by atoms with Crippen LogP contribution in [0.3, 0.4) is 0 Å². The summed E-state index contributed by atoms with van der Waals surface area (Å²) < 4.78 is 11.8. The van der Waals surface area contributed by atoms with Gasteiger partial charge in [0, 0.05) is 18.4 Å². The van der Waals surface area contributed by atoms with Crippen LogP contribution < -0.4 is 10.6 Å². The van der Waals surface area contributed by atoms with Gasteiger partial charge in [0.05, 0.1) is 26.4 Å². The number of rotatable bonds is 8. The van der Waals surface area contributed by atoms with Crippen LogP contribution in [-0.4, -0.2) is 52.8 Å². The van der Waals surface area contributed by atoms with Crippen molar-refractivity contribution < 1.29 is 23.9 Å². The zero-order chi connectivity index (χ0) is 24.7. The lowest BCUT2D eigenvalue weighted by molar-refractivity contribution is -0.144. The van der Waals surface area contributed by atoms with E-state index in [2.05, 4.69) is 39.9 Å². The van der Waals surface area contributed by atoms with E-state index in [-0.39, 0.29) is 13.0 Å². The number of esters is 1. The number of methoxy groups -OCH3 is 1. The molecule has 1 aromatic heterocycles. The first-order chi connectivity index (χ1) is 16.1. The second kappa shape index (κ2) is 10.8. The predicted molar refractivity (Wildman–Crippen MR) is 127 cm³/mol. The van der Waals surface area contributed by atoms with Gasteiger partial charge in [0.2, 0.25) is 5.91 Å². The number of aromatic nitrogens is 2. The Kier molecular flexibility index (Phi) is 7.88. The Morgan fingerprint density at radius 1 is 1.09 bits per heavy atom. The van der Waals surface area contributed by atoms with Gasteiger partial charge in [0.15, 0.2) is 0 Å². The highest BCUT2D eigenvalue weighted by Crippen LogP contribution is 2.17. The van der Waals surface area contributed by atoms with Crippen LogP contribution in [0.4, 0.5) is 4.79 Å². The van der Waals surface area contributed by atoms with E-state index in [1.54, 1.807) is 33.3 Å². The molecule has 0 spiro atoms. The Morgan fingerprint density at radius 2 is 1.82 bits per heavy atom. The standard InChI is InChI=1S/C25H30N4O5/c1-25(2,3)34-24(32)27-14-21(23(31)33-4)28-22(30)12-20-13-26-16-29(20)15-17-9-10-18-7-5-6-8-19(18)11-17/h5-11,13,16,21H,12,14-15H2,1-4H3,(H,27,32)(H,28,30). The molecule has 3 aromatic rings. The van der Waals surface area contributed by atoms with E-state index in [4.69, 9.17) is 9.47 Å². The molecule has 0 aliphatic heterocycles. The van der Waals surface area contributed by atoms with Crippen molar-refractivity contribution in [3.63, 3.8) is 0 Å². The maximum Gasteiger partial charge on any atom is 0.407 e. The third-order valence-electron chi connectivity index (χ3n) is 4.98. The van der Waals surface area contributed by atoms with Crippen molar-refractivity contribution in [1.82, 2.24) is 20.2 Å². The molecular weight excluding hydrogens is 436 g/mol. The zero-order valence-corrected chi connectivity index (χ0v) is 19.8. The lowest BCUT2D eigenvalue weighted by atomic mass is 10.1. The summed E-state index contributed by atoms with van der Waals surface area (Å²) in [6, 6.07) is 13.3. The van der Waals surface area contributed by atoms with Crippen molar-refractivity contribution in [1.29, 1.82) is 0 Å². The average Bonchev–Trinajstić information content (AvgIpc) is 3.21. The van der Waals surface area contributed by atoms with Gasteiger partial charge < -0.3 is 24.7 Å². The second-order valence-corrected chi connectivity index (χ2v) is 8.90. The molecule has 0 aliphatic rings. The van der Waals surface area contributed by atoms with Gasteiger partial charge in [-0.05, 0) is 43.2 Å². The van der Waals surface area contributed by atoms with Crippen molar-refractivity contribution in [2.75, 3.05) is 13.7 Å². The molecule has 2 aromatic carbocycles. The third kappa shape index (κ3) is 7.06. The quantitative estimate of drug-likeness (QED) is 0.494. The normalized spacial score (nSPS) is 12.1. The van der Waals surface area contributed by atoms with Gasteiger partial charge in [0.25, 0.3) is 0 Å². The smallest absolute Gasteiger partial charge is 0.407 e. The minimum atomic E-state index is -1.05. The van der Waals surface area contributed by atoms with Gasteiger partial charge in [-0.25, -0.2) is 14.6 Å². The van der Waals surface area contributed by atoms with Crippen molar-refractivity contribution in [3.05, 3.63) is 66.2 Å². The largest absolute Gasteiger partial charge is 0.467 e. The molecule has 3 rings (SSSR count). The molecule has 0 saturated heterocycles. The van der Waals surface area contributed by atoms with Crippen LogP contribution in [0.25, 0.3) is 10.8 Å². The molecule has 1 unspecified atom stereocenters. The summed E-state index contributed by atoms with van der Waals surface area (Å²) in [6.45, 7) is 5.57. The zero-order valence-electron chi connectivity index (χ0n) is 19.8. The molecule has 0 fully saturated rings. The number of amides is 2. The summed E-state index contributed by atoms with van der Waals surface area (Å²) in [6.07, 6.45) is 2.60. The summed E-state index contributed by atoms with van der Waals surface area (Å²) in [5.41, 5.74) is 1.08. The molecule has 9 nitrogen and oxygen atoms in total. The van der Waals surface area contributed by atoms with Gasteiger partial charge in [-0.3, -0.25) is 4.79 Å². The highest BCUT2D eigenvalue weighted by molar-refractivity contribution is 5.86. The molecule has 2 amide bonds. The average molecular weight is 467 g/mol. The fourth-order valence-corrected chi connectivity index (χ4v) is 3.42. The van der Waals surface area contributed by atoms with Crippen LogP contribution in [0.5, 0.6) is 0 Å². The van der Waals surface area contributed by atoms with Gasteiger partial charge in [-0.1, -0.05) is 36.4 Å². The molecule has 1 atom stereocenters. The highest BCUT2D eigenvalue weighted by Gasteiger charge is 2.24. The summed E-state index contributed by atoms with van der Waals surface area (Å²) in [5, 5.41) is 7.39. The lowest BCUT2D eigenvalue weighted by Crippen LogP contribution is -2.50. The van der Waals surface area contributed by atoms with Crippen LogP contribution in [0.1, 0.15) is 32.0 Å². The van der Waals surface area contributed by atoms with Crippen molar-refractivity contribution in [2.45, 2.75) is 45.4 Å². The van der Waals surface area contributed by atoms with Crippen LogP contribution in [-0.2, 0) is 32.0 Å². The Balaban J connectivity index is 1.62. The first-order valence-electron chi connectivity index (χ1n) is 11.0. The molecule has 9 heteroatoms. The number of carbonyl (C=O) groups is 3. The Hall–Kier alpha value is -3.88. The Bertz CT molecular complexity index is 1170. The molecule has 0 radical (unpaired) electrons. The topological polar surface area (TPSA) is 112 Å². The lowest BCUT2D eigenvalue weighted by Gasteiger charge is -2.21. The van der Waals surface area contributed by atoms with E-state index in [0.717, 1.165) is 16.3 Å². The van der Waals surface area contributed by atoms with E-state index >= 15 is 0 Å². The van der Waals surface area contributed by atoms with E-state index in [9.17, 15) is 14.4 Å². The molecule has 34 heavy (non-hydrogen) atoms. The number of benzene rings is 2. The fraction of sp³-hybridized carbons (Fsp3) is 0.360.